The van der Waals surface area contributed by atoms with Crippen LogP contribution in [0.1, 0.15) is 12.8 Å². The molecule has 0 saturated heterocycles. The zero-order chi connectivity index (χ0) is 15.2. The summed E-state index contributed by atoms with van der Waals surface area (Å²) >= 11 is 0. The minimum atomic E-state index is 0.683. The first-order valence-corrected chi connectivity index (χ1v) is 8.60. The molecule has 1 saturated carbocycles. The Bertz CT molecular complexity index is 854. The lowest BCUT2D eigenvalue weighted by molar-refractivity contribution is 0.232. The molecule has 0 N–H and O–H groups in total. The Morgan fingerprint density at radius 3 is 2.13 bits per heavy atom. The number of allylic oxidation sites excluding steroid dienone is 2. The fraction of sp³-hybridized carbons (Fsp3) is 0.273. The topological polar surface area (TPSA) is 9.23 Å². The van der Waals surface area contributed by atoms with Crippen LogP contribution in [0.15, 0.2) is 66.7 Å². The SMILES string of the molecule is C1=CC2CC1CC2COc1c2ccccc2cc2ccccc12. The van der Waals surface area contributed by atoms with Crippen molar-refractivity contribution < 1.29 is 4.74 Å². The first kappa shape index (κ1) is 13.2. The second-order valence-electron chi connectivity index (χ2n) is 7.00. The zero-order valence-corrected chi connectivity index (χ0v) is 13.1. The van der Waals surface area contributed by atoms with Gasteiger partial charge >= 0.3 is 0 Å². The van der Waals surface area contributed by atoms with Gasteiger partial charge in [-0.15, -0.1) is 0 Å². The molecule has 0 aromatic heterocycles. The Morgan fingerprint density at radius 2 is 1.52 bits per heavy atom. The lowest BCUT2D eigenvalue weighted by Crippen LogP contribution is -2.16. The molecule has 23 heavy (non-hydrogen) atoms. The fourth-order valence-corrected chi connectivity index (χ4v) is 4.40. The number of rotatable bonds is 3. The fourth-order valence-electron chi connectivity index (χ4n) is 4.40. The van der Waals surface area contributed by atoms with Crippen LogP contribution >= 0.6 is 0 Å². The minimum absolute atomic E-state index is 0.683. The van der Waals surface area contributed by atoms with E-state index in [4.69, 9.17) is 4.74 Å². The van der Waals surface area contributed by atoms with E-state index < -0.39 is 0 Å². The molecule has 2 bridgehead atoms. The predicted molar refractivity (Wildman–Crippen MR) is 95.8 cm³/mol. The van der Waals surface area contributed by atoms with E-state index in [0.29, 0.717) is 5.92 Å². The minimum Gasteiger partial charge on any atom is -0.492 e. The third-order valence-corrected chi connectivity index (χ3v) is 5.58. The number of ether oxygens (including phenoxy) is 1. The highest BCUT2D eigenvalue weighted by molar-refractivity contribution is 6.05. The van der Waals surface area contributed by atoms with Crippen LogP contribution in [0.4, 0.5) is 0 Å². The molecule has 2 aliphatic carbocycles. The van der Waals surface area contributed by atoms with Crippen LogP contribution in [0.2, 0.25) is 0 Å². The van der Waals surface area contributed by atoms with Crippen molar-refractivity contribution in [3.63, 3.8) is 0 Å². The lowest BCUT2D eigenvalue weighted by Gasteiger charge is -2.20. The van der Waals surface area contributed by atoms with Gasteiger partial charge in [0.05, 0.1) is 6.61 Å². The van der Waals surface area contributed by atoms with Crippen molar-refractivity contribution in [1.29, 1.82) is 0 Å². The van der Waals surface area contributed by atoms with Gasteiger partial charge in [-0.1, -0.05) is 60.7 Å². The summed E-state index contributed by atoms with van der Waals surface area (Å²) in [5, 5.41) is 4.97. The first-order valence-electron chi connectivity index (χ1n) is 8.60. The van der Waals surface area contributed by atoms with E-state index in [2.05, 4.69) is 66.7 Å². The highest BCUT2D eigenvalue weighted by Crippen LogP contribution is 2.44. The molecule has 3 aromatic rings. The molecule has 0 aliphatic heterocycles. The average Bonchev–Trinajstić information content (AvgIpc) is 3.21. The van der Waals surface area contributed by atoms with E-state index >= 15 is 0 Å². The average molecular weight is 300 g/mol. The van der Waals surface area contributed by atoms with Crippen LogP contribution in [0.3, 0.4) is 0 Å². The molecule has 2 aliphatic rings. The van der Waals surface area contributed by atoms with Gasteiger partial charge in [0, 0.05) is 10.8 Å². The summed E-state index contributed by atoms with van der Waals surface area (Å²) in [4.78, 5) is 0. The van der Waals surface area contributed by atoms with Gasteiger partial charge in [0.1, 0.15) is 5.75 Å². The number of benzene rings is 3. The Morgan fingerprint density at radius 1 is 0.826 bits per heavy atom. The highest BCUT2D eigenvalue weighted by Gasteiger charge is 2.35. The first-order chi connectivity index (χ1) is 11.4. The maximum absolute atomic E-state index is 6.44. The molecule has 5 rings (SSSR count). The van der Waals surface area contributed by atoms with Crippen molar-refractivity contribution in [1.82, 2.24) is 0 Å². The number of hydrogen-bond donors (Lipinski definition) is 0. The van der Waals surface area contributed by atoms with Gasteiger partial charge in [-0.3, -0.25) is 0 Å². The van der Waals surface area contributed by atoms with Crippen LogP contribution in [-0.2, 0) is 0 Å². The van der Waals surface area contributed by atoms with Gasteiger partial charge in [-0.2, -0.15) is 0 Å². The summed E-state index contributed by atoms with van der Waals surface area (Å²) in [6.07, 6.45) is 7.44. The summed E-state index contributed by atoms with van der Waals surface area (Å²) in [5.74, 6) is 3.28. The van der Waals surface area contributed by atoms with Crippen molar-refractivity contribution in [2.24, 2.45) is 17.8 Å². The van der Waals surface area contributed by atoms with Gasteiger partial charge < -0.3 is 4.74 Å². The van der Waals surface area contributed by atoms with Gasteiger partial charge in [0.15, 0.2) is 0 Å². The summed E-state index contributed by atoms with van der Waals surface area (Å²) in [6.45, 7) is 0.837. The van der Waals surface area contributed by atoms with E-state index in [1.807, 2.05) is 0 Å². The van der Waals surface area contributed by atoms with Crippen molar-refractivity contribution >= 4 is 21.5 Å². The summed E-state index contributed by atoms with van der Waals surface area (Å²) in [5.41, 5.74) is 0. The lowest BCUT2D eigenvalue weighted by atomic mass is 9.94. The van der Waals surface area contributed by atoms with Crippen molar-refractivity contribution in [2.75, 3.05) is 6.61 Å². The Hall–Kier alpha value is -2.28. The standard InChI is InChI=1S/C22H20O/c1-3-7-20-17(5-1)13-18-6-2-4-8-21(18)22(20)23-14-19-12-15-9-10-16(19)11-15/h1-10,13,15-16,19H,11-12,14H2. The van der Waals surface area contributed by atoms with E-state index in [-0.39, 0.29) is 0 Å². The molecule has 0 spiro atoms. The Labute approximate surface area is 136 Å². The van der Waals surface area contributed by atoms with E-state index in [9.17, 15) is 0 Å². The monoisotopic (exact) mass is 300 g/mol. The van der Waals surface area contributed by atoms with Crippen LogP contribution < -0.4 is 4.74 Å². The van der Waals surface area contributed by atoms with E-state index in [1.165, 1.54) is 34.4 Å². The predicted octanol–water partition coefficient (Wildman–Crippen LogP) is 5.58. The molecule has 1 fully saturated rings. The van der Waals surface area contributed by atoms with Crippen LogP contribution in [0.25, 0.3) is 21.5 Å². The van der Waals surface area contributed by atoms with Crippen molar-refractivity contribution in [2.45, 2.75) is 12.8 Å². The number of fused-ring (bicyclic) bond motifs is 4. The third kappa shape index (κ3) is 2.15. The molecule has 0 radical (unpaired) electrons. The Kier molecular flexibility index (Phi) is 2.94. The summed E-state index contributed by atoms with van der Waals surface area (Å²) in [6, 6.07) is 19.4. The van der Waals surface area contributed by atoms with Crippen molar-refractivity contribution in [3.8, 4) is 5.75 Å². The van der Waals surface area contributed by atoms with Gasteiger partial charge in [0.25, 0.3) is 0 Å². The molecular formula is C22H20O. The molecule has 0 heterocycles. The van der Waals surface area contributed by atoms with Gasteiger partial charge in [0.2, 0.25) is 0 Å². The number of hydrogen-bond acceptors (Lipinski definition) is 1. The van der Waals surface area contributed by atoms with Crippen LogP contribution in [0, 0.1) is 17.8 Å². The summed E-state index contributed by atoms with van der Waals surface area (Å²) in [7, 11) is 0. The normalized spacial score (nSPS) is 25.5. The van der Waals surface area contributed by atoms with Gasteiger partial charge in [-0.25, -0.2) is 0 Å². The molecule has 1 heteroatoms. The van der Waals surface area contributed by atoms with E-state index in [1.54, 1.807) is 0 Å². The third-order valence-electron chi connectivity index (χ3n) is 5.58. The maximum atomic E-state index is 6.44. The molecule has 3 unspecified atom stereocenters. The molecular weight excluding hydrogens is 280 g/mol. The molecule has 114 valence electrons. The maximum Gasteiger partial charge on any atom is 0.134 e. The quantitative estimate of drug-likeness (QED) is 0.453. The highest BCUT2D eigenvalue weighted by atomic mass is 16.5. The van der Waals surface area contributed by atoms with Crippen LogP contribution in [-0.4, -0.2) is 6.61 Å². The Balaban J connectivity index is 1.56. The zero-order valence-electron chi connectivity index (χ0n) is 13.1. The van der Waals surface area contributed by atoms with Gasteiger partial charge in [-0.05, 0) is 47.4 Å². The van der Waals surface area contributed by atoms with Crippen LogP contribution in [0.5, 0.6) is 5.75 Å². The molecule has 0 amide bonds. The molecule has 3 aromatic carbocycles. The smallest absolute Gasteiger partial charge is 0.134 e. The molecule has 3 atom stereocenters. The second kappa shape index (κ2) is 5.13. The largest absolute Gasteiger partial charge is 0.492 e. The molecule has 1 nitrogen and oxygen atoms in total. The van der Waals surface area contributed by atoms with E-state index in [0.717, 1.165) is 24.2 Å². The second-order valence-corrected chi connectivity index (χ2v) is 7.00. The summed E-state index contributed by atoms with van der Waals surface area (Å²) < 4.78 is 6.44. The van der Waals surface area contributed by atoms with Crippen molar-refractivity contribution in [3.05, 3.63) is 66.7 Å².